The standard InChI is InChI=1S/C12H24N2O/c1-3-4-5-12(15)14-10(2)11-6-8-13-9-7-11/h10-11,13H,3-9H2,1-2H3,(H,14,15). The average Bonchev–Trinajstić information content (AvgIpc) is 2.27. The normalized spacial score (nSPS) is 19.9. The Kier molecular flexibility index (Phi) is 5.69. The van der Waals surface area contributed by atoms with Crippen LogP contribution in [0.25, 0.3) is 0 Å². The van der Waals surface area contributed by atoms with E-state index >= 15 is 0 Å². The van der Waals surface area contributed by atoms with E-state index in [4.69, 9.17) is 0 Å². The molecule has 3 nitrogen and oxygen atoms in total. The van der Waals surface area contributed by atoms with E-state index in [1.54, 1.807) is 0 Å². The summed E-state index contributed by atoms with van der Waals surface area (Å²) in [4.78, 5) is 11.5. The van der Waals surface area contributed by atoms with Gasteiger partial charge in [-0.25, -0.2) is 0 Å². The fourth-order valence-electron chi connectivity index (χ4n) is 2.13. The number of carbonyl (C=O) groups excluding carboxylic acids is 1. The van der Waals surface area contributed by atoms with Gasteiger partial charge in [0, 0.05) is 12.5 Å². The van der Waals surface area contributed by atoms with Gasteiger partial charge in [0.2, 0.25) is 5.91 Å². The molecule has 1 rings (SSSR count). The number of amides is 1. The van der Waals surface area contributed by atoms with Gasteiger partial charge in [0.25, 0.3) is 0 Å². The van der Waals surface area contributed by atoms with Crippen LogP contribution < -0.4 is 10.6 Å². The Morgan fingerprint density at radius 1 is 1.47 bits per heavy atom. The molecule has 1 atom stereocenters. The van der Waals surface area contributed by atoms with E-state index < -0.39 is 0 Å². The van der Waals surface area contributed by atoms with Crippen LogP contribution in [0.4, 0.5) is 0 Å². The summed E-state index contributed by atoms with van der Waals surface area (Å²) in [6.07, 6.45) is 5.16. The molecule has 0 saturated carbocycles. The fourth-order valence-corrected chi connectivity index (χ4v) is 2.13. The van der Waals surface area contributed by atoms with Crippen molar-refractivity contribution in [2.45, 2.75) is 52.0 Å². The van der Waals surface area contributed by atoms with E-state index in [-0.39, 0.29) is 5.91 Å². The molecule has 3 heteroatoms. The lowest BCUT2D eigenvalue weighted by atomic mass is 9.91. The van der Waals surface area contributed by atoms with E-state index in [0.717, 1.165) is 25.9 Å². The number of unbranched alkanes of at least 4 members (excludes halogenated alkanes) is 1. The average molecular weight is 212 g/mol. The van der Waals surface area contributed by atoms with Gasteiger partial charge in [0.15, 0.2) is 0 Å². The van der Waals surface area contributed by atoms with Crippen LogP contribution in [0.1, 0.15) is 46.0 Å². The van der Waals surface area contributed by atoms with Crippen molar-refractivity contribution in [3.63, 3.8) is 0 Å². The highest BCUT2D eigenvalue weighted by atomic mass is 16.1. The number of carbonyl (C=O) groups is 1. The predicted octanol–water partition coefficient (Wildman–Crippen LogP) is 1.68. The lowest BCUT2D eigenvalue weighted by Gasteiger charge is -2.28. The Morgan fingerprint density at radius 3 is 2.73 bits per heavy atom. The van der Waals surface area contributed by atoms with Crippen LogP contribution in [0.3, 0.4) is 0 Å². The summed E-state index contributed by atoms with van der Waals surface area (Å²) in [7, 11) is 0. The van der Waals surface area contributed by atoms with Crippen molar-refractivity contribution in [2.24, 2.45) is 5.92 Å². The van der Waals surface area contributed by atoms with Gasteiger partial charge in [0.1, 0.15) is 0 Å². The van der Waals surface area contributed by atoms with Crippen molar-refractivity contribution in [1.82, 2.24) is 10.6 Å². The Bertz CT molecular complexity index is 188. The van der Waals surface area contributed by atoms with Gasteiger partial charge < -0.3 is 10.6 Å². The van der Waals surface area contributed by atoms with Gasteiger partial charge in [-0.15, -0.1) is 0 Å². The summed E-state index contributed by atoms with van der Waals surface area (Å²) >= 11 is 0. The van der Waals surface area contributed by atoms with Crippen LogP contribution in [0.5, 0.6) is 0 Å². The molecule has 2 N–H and O–H groups in total. The second kappa shape index (κ2) is 6.83. The van der Waals surface area contributed by atoms with Crippen molar-refractivity contribution >= 4 is 5.91 Å². The fraction of sp³-hybridized carbons (Fsp3) is 0.917. The molecule has 1 heterocycles. The summed E-state index contributed by atoms with van der Waals surface area (Å²) < 4.78 is 0. The van der Waals surface area contributed by atoms with Crippen molar-refractivity contribution in [1.29, 1.82) is 0 Å². The van der Waals surface area contributed by atoms with Gasteiger partial charge in [-0.3, -0.25) is 4.79 Å². The molecule has 0 aromatic heterocycles. The highest BCUT2D eigenvalue weighted by Crippen LogP contribution is 2.16. The second-order valence-corrected chi connectivity index (χ2v) is 4.55. The summed E-state index contributed by atoms with van der Waals surface area (Å²) in [6.45, 7) is 6.45. The maximum atomic E-state index is 11.5. The quantitative estimate of drug-likeness (QED) is 0.728. The first-order chi connectivity index (χ1) is 7.24. The minimum Gasteiger partial charge on any atom is -0.353 e. The van der Waals surface area contributed by atoms with Crippen LogP contribution >= 0.6 is 0 Å². The van der Waals surface area contributed by atoms with Gasteiger partial charge in [0.05, 0.1) is 0 Å². The summed E-state index contributed by atoms with van der Waals surface area (Å²) in [5.74, 6) is 0.889. The summed E-state index contributed by atoms with van der Waals surface area (Å²) in [5, 5.41) is 6.46. The van der Waals surface area contributed by atoms with Crippen LogP contribution in [-0.4, -0.2) is 25.0 Å². The maximum absolute atomic E-state index is 11.5. The van der Waals surface area contributed by atoms with Crippen LogP contribution in [-0.2, 0) is 4.79 Å². The first-order valence-electron chi connectivity index (χ1n) is 6.24. The zero-order valence-corrected chi connectivity index (χ0v) is 10.0. The smallest absolute Gasteiger partial charge is 0.220 e. The molecular weight excluding hydrogens is 188 g/mol. The SMILES string of the molecule is CCCCC(=O)NC(C)C1CCNCC1. The first kappa shape index (κ1) is 12.5. The third-order valence-corrected chi connectivity index (χ3v) is 3.24. The molecule has 1 saturated heterocycles. The minimum atomic E-state index is 0.225. The molecular formula is C12H24N2O. The minimum absolute atomic E-state index is 0.225. The van der Waals surface area contributed by atoms with Gasteiger partial charge in [-0.2, -0.15) is 0 Å². The monoisotopic (exact) mass is 212 g/mol. The van der Waals surface area contributed by atoms with Crippen molar-refractivity contribution < 1.29 is 4.79 Å². The molecule has 0 aromatic rings. The lowest BCUT2D eigenvalue weighted by Crippen LogP contribution is -2.42. The number of piperidine rings is 1. The summed E-state index contributed by atoms with van der Waals surface area (Å²) in [6, 6.07) is 0.344. The summed E-state index contributed by atoms with van der Waals surface area (Å²) in [5.41, 5.74) is 0. The number of rotatable bonds is 5. The molecule has 1 amide bonds. The highest BCUT2D eigenvalue weighted by molar-refractivity contribution is 5.76. The van der Waals surface area contributed by atoms with E-state index in [0.29, 0.717) is 18.4 Å². The Morgan fingerprint density at radius 2 is 2.13 bits per heavy atom. The molecule has 0 spiro atoms. The van der Waals surface area contributed by atoms with Crippen LogP contribution in [0.2, 0.25) is 0 Å². The van der Waals surface area contributed by atoms with Crippen LogP contribution in [0, 0.1) is 5.92 Å². The van der Waals surface area contributed by atoms with Crippen molar-refractivity contribution in [3.05, 3.63) is 0 Å². The molecule has 0 bridgehead atoms. The molecule has 1 aliphatic heterocycles. The zero-order valence-electron chi connectivity index (χ0n) is 10.0. The number of hydrogen-bond acceptors (Lipinski definition) is 2. The van der Waals surface area contributed by atoms with E-state index in [1.165, 1.54) is 12.8 Å². The molecule has 88 valence electrons. The lowest BCUT2D eigenvalue weighted by molar-refractivity contribution is -0.122. The van der Waals surface area contributed by atoms with E-state index in [9.17, 15) is 4.79 Å². The van der Waals surface area contributed by atoms with Crippen molar-refractivity contribution in [2.75, 3.05) is 13.1 Å². The van der Waals surface area contributed by atoms with Crippen LogP contribution in [0.15, 0.2) is 0 Å². The topological polar surface area (TPSA) is 41.1 Å². The van der Waals surface area contributed by atoms with Gasteiger partial charge in [-0.1, -0.05) is 13.3 Å². The van der Waals surface area contributed by atoms with Gasteiger partial charge in [-0.05, 0) is 45.2 Å². The van der Waals surface area contributed by atoms with Crippen molar-refractivity contribution in [3.8, 4) is 0 Å². The first-order valence-corrected chi connectivity index (χ1v) is 6.24. The predicted molar refractivity (Wildman–Crippen MR) is 62.7 cm³/mol. The molecule has 0 aromatic carbocycles. The zero-order chi connectivity index (χ0) is 11.1. The number of nitrogens with one attached hydrogen (secondary N) is 2. The third-order valence-electron chi connectivity index (χ3n) is 3.24. The molecule has 15 heavy (non-hydrogen) atoms. The molecule has 0 radical (unpaired) electrons. The van der Waals surface area contributed by atoms with E-state index in [1.807, 2.05) is 0 Å². The number of hydrogen-bond donors (Lipinski definition) is 2. The second-order valence-electron chi connectivity index (χ2n) is 4.55. The maximum Gasteiger partial charge on any atom is 0.220 e. The molecule has 1 fully saturated rings. The Hall–Kier alpha value is -0.570. The third kappa shape index (κ3) is 4.65. The van der Waals surface area contributed by atoms with Gasteiger partial charge >= 0.3 is 0 Å². The highest BCUT2D eigenvalue weighted by Gasteiger charge is 2.20. The van der Waals surface area contributed by atoms with E-state index in [2.05, 4.69) is 24.5 Å². The molecule has 0 aliphatic carbocycles. The molecule has 1 aliphatic rings. The Labute approximate surface area is 93.0 Å². The molecule has 1 unspecified atom stereocenters. The largest absolute Gasteiger partial charge is 0.353 e. The Balaban J connectivity index is 2.21.